The highest BCUT2D eigenvalue weighted by Gasteiger charge is 2.31. The minimum atomic E-state index is -0.193. The van der Waals surface area contributed by atoms with E-state index < -0.39 is 0 Å². The highest BCUT2D eigenvalue weighted by atomic mass is 16.5. The fraction of sp³-hybridized carbons (Fsp3) is 0.375. The van der Waals surface area contributed by atoms with Crippen molar-refractivity contribution in [3.8, 4) is 11.5 Å². The fourth-order valence-corrected chi connectivity index (χ4v) is 3.50. The van der Waals surface area contributed by atoms with Crippen molar-refractivity contribution < 1.29 is 29.0 Å². The molecule has 1 aliphatic rings. The molecular formula is C24H29NO5. The SMILES string of the molecule is CCc1ccc(/C=C2\Oc3c(ccc([O-])c3C[NH+](CCOC)CCOC)C2=O)cc1. The van der Waals surface area contributed by atoms with Gasteiger partial charge in [0.05, 0.1) is 18.8 Å². The maximum absolute atomic E-state index is 12.9. The second-order valence-electron chi connectivity index (χ2n) is 7.37. The molecule has 3 rings (SSSR count). The Morgan fingerprint density at radius 1 is 1.03 bits per heavy atom. The Labute approximate surface area is 177 Å². The average Bonchev–Trinajstić information content (AvgIpc) is 3.07. The number of methoxy groups -OCH3 is 2. The van der Waals surface area contributed by atoms with Crippen LogP contribution in [0.4, 0.5) is 0 Å². The quantitative estimate of drug-likeness (QED) is 0.602. The Bertz CT molecular complexity index is 897. The van der Waals surface area contributed by atoms with Gasteiger partial charge in [-0.05, 0) is 29.7 Å². The number of fused-ring (bicyclic) bond motifs is 1. The Hall–Kier alpha value is -2.67. The van der Waals surface area contributed by atoms with Crippen LogP contribution in [0, 0.1) is 0 Å². The number of allylic oxidation sites excluding steroid dienone is 1. The number of carbonyl (C=O) groups is 1. The van der Waals surface area contributed by atoms with E-state index in [9.17, 15) is 9.90 Å². The number of rotatable bonds is 10. The maximum atomic E-state index is 12.9. The van der Waals surface area contributed by atoms with E-state index in [2.05, 4.69) is 6.92 Å². The Morgan fingerprint density at radius 3 is 2.30 bits per heavy atom. The molecule has 6 heteroatoms. The lowest BCUT2D eigenvalue weighted by Crippen LogP contribution is -3.11. The number of ketones is 1. The van der Waals surface area contributed by atoms with Crippen LogP contribution in [0.15, 0.2) is 42.2 Å². The van der Waals surface area contributed by atoms with E-state index in [0.29, 0.717) is 36.6 Å². The van der Waals surface area contributed by atoms with Crippen molar-refractivity contribution in [3.05, 3.63) is 64.4 Å². The lowest BCUT2D eigenvalue weighted by Gasteiger charge is -2.23. The second kappa shape index (κ2) is 10.4. The standard InChI is InChI=1S/C24H29NO5/c1-4-17-5-7-18(8-6-17)15-22-23(27)19-9-10-21(26)20(24(19)30-22)16-25(11-13-28-2)12-14-29-3/h5-10,15,26H,4,11-14,16H2,1-3H3/b22-15-. The smallest absolute Gasteiger partial charge is 0.231 e. The van der Waals surface area contributed by atoms with E-state index in [1.807, 2.05) is 24.3 Å². The summed E-state index contributed by atoms with van der Waals surface area (Å²) in [5, 5.41) is 12.6. The minimum Gasteiger partial charge on any atom is -0.872 e. The molecule has 1 N–H and O–H groups in total. The Kier molecular flexibility index (Phi) is 7.63. The third-order valence-corrected chi connectivity index (χ3v) is 5.33. The van der Waals surface area contributed by atoms with Crippen LogP contribution in [0.5, 0.6) is 11.5 Å². The number of hydrogen-bond acceptors (Lipinski definition) is 5. The molecule has 0 atom stereocenters. The number of benzene rings is 2. The zero-order valence-electron chi connectivity index (χ0n) is 17.8. The van der Waals surface area contributed by atoms with Gasteiger partial charge in [0.2, 0.25) is 5.78 Å². The molecule has 0 radical (unpaired) electrons. The van der Waals surface area contributed by atoms with Gasteiger partial charge < -0.3 is 24.2 Å². The summed E-state index contributed by atoms with van der Waals surface area (Å²) in [6, 6.07) is 11.0. The predicted octanol–water partition coefficient (Wildman–Crippen LogP) is 1.62. The van der Waals surface area contributed by atoms with Gasteiger partial charge in [-0.3, -0.25) is 4.79 Å². The van der Waals surface area contributed by atoms with Crippen molar-refractivity contribution in [2.24, 2.45) is 0 Å². The molecule has 0 aromatic heterocycles. The van der Waals surface area contributed by atoms with Gasteiger partial charge in [0.25, 0.3) is 0 Å². The molecule has 30 heavy (non-hydrogen) atoms. The number of quaternary nitrogens is 1. The lowest BCUT2D eigenvalue weighted by atomic mass is 10.0. The average molecular weight is 411 g/mol. The van der Waals surface area contributed by atoms with Crippen molar-refractivity contribution in [3.63, 3.8) is 0 Å². The molecule has 0 aliphatic carbocycles. The highest BCUT2D eigenvalue weighted by Crippen LogP contribution is 2.38. The molecule has 0 spiro atoms. The highest BCUT2D eigenvalue weighted by molar-refractivity contribution is 6.14. The summed E-state index contributed by atoms with van der Waals surface area (Å²) in [7, 11) is 3.30. The summed E-state index contributed by atoms with van der Waals surface area (Å²) in [6.07, 6.45) is 2.69. The van der Waals surface area contributed by atoms with Gasteiger partial charge in [0.15, 0.2) is 5.76 Å². The summed E-state index contributed by atoms with van der Waals surface area (Å²) in [4.78, 5) is 14.0. The van der Waals surface area contributed by atoms with Gasteiger partial charge in [-0.15, -0.1) is 0 Å². The number of hydrogen-bond donors (Lipinski definition) is 1. The molecule has 0 saturated carbocycles. The van der Waals surface area contributed by atoms with E-state index >= 15 is 0 Å². The van der Waals surface area contributed by atoms with Crippen LogP contribution in [0.1, 0.15) is 34.0 Å². The van der Waals surface area contributed by atoms with Crippen molar-refractivity contribution in [1.82, 2.24) is 0 Å². The van der Waals surface area contributed by atoms with Gasteiger partial charge in [0, 0.05) is 19.8 Å². The van der Waals surface area contributed by atoms with Crippen LogP contribution in [-0.2, 0) is 22.4 Å². The maximum Gasteiger partial charge on any atom is 0.231 e. The van der Waals surface area contributed by atoms with Crippen LogP contribution in [0.2, 0.25) is 0 Å². The van der Waals surface area contributed by atoms with E-state index in [-0.39, 0.29) is 17.3 Å². The van der Waals surface area contributed by atoms with Crippen LogP contribution < -0.4 is 14.7 Å². The van der Waals surface area contributed by atoms with Crippen molar-refractivity contribution in [2.75, 3.05) is 40.5 Å². The van der Waals surface area contributed by atoms with Crippen LogP contribution in [0.3, 0.4) is 0 Å². The molecule has 0 fully saturated rings. The van der Waals surface area contributed by atoms with Crippen molar-refractivity contribution in [2.45, 2.75) is 19.9 Å². The molecule has 2 aromatic carbocycles. The summed E-state index contributed by atoms with van der Waals surface area (Å²) in [5.74, 6) is 0.316. The van der Waals surface area contributed by atoms with Gasteiger partial charge >= 0.3 is 0 Å². The number of ether oxygens (including phenoxy) is 3. The van der Waals surface area contributed by atoms with Crippen LogP contribution >= 0.6 is 0 Å². The van der Waals surface area contributed by atoms with Gasteiger partial charge in [-0.25, -0.2) is 0 Å². The van der Waals surface area contributed by atoms with Crippen molar-refractivity contribution >= 4 is 11.9 Å². The predicted molar refractivity (Wildman–Crippen MR) is 113 cm³/mol. The molecule has 6 nitrogen and oxygen atoms in total. The first kappa shape index (κ1) is 22.0. The first-order chi connectivity index (χ1) is 14.6. The molecule has 0 unspecified atom stereocenters. The third kappa shape index (κ3) is 5.08. The first-order valence-electron chi connectivity index (χ1n) is 10.2. The van der Waals surface area contributed by atoms with Gasteiger partial charge in [0.1, 0.15) is 25.4 Å². The topological polar surface area (TPSA) is 72.3 Å². The number of aryl methyl sites for hydroxylation is 1. The van der Waals surface area contributed by atoms with Gasteiger partial charge in [-0.2, -0.15) is 0 Å². The van der Waals surface area contributed by atoms with E-state index in [1.165, 1.54) is 11.6 Å². The molecular weight excluding hydrogens is 382 g/mol. The molecule has 2 aromatic rings. The Morgan fingerprint density at radius 2 is 1.70 bits per heavy atom. The molecule has 0 saturated heterocycles. The summed E-state index contributed by atoms with van der Waals surface area (Å²) in [5.41, 5.74) is 3.08. The number of Topliss-reactive ketones (excluding diaryl/α,β-unsaturated/α-hetero) is 1. The summed E-state index contributed by atoms with van der Waals surface area (Å²) < 4.78 is 16.3. The normalized spacial score (nSPS) is 14.4. The third-order valence-electron chi connectivity index (χ3n) is 5.33. The molecule has 1 heterocycles. The van der Waals surface area contributed by atoms with Gasteiger partial charge in [-0.1, -0.05) is 43.0 Å². The summed E-state index contributed by atoms with van der Waals surface area (Å²) >= 11 is 0. The second-order valence-corrected chi connectivity index (χ2v) is 7.37. The number of carbonyl (C=O) groups excluding carboxylic acids is 1. The molecule has 0 amide bonds. The van der Waals surface area contributed by atoms with E-state index in [4.69, 9.17) is 14.2 Å². The zero-order valence-corrected chi connectivity index (χ0v) is 17.8. The van der Waals surface area contributed by atoms with E-state index in [1.54, 1.807) is 26.4 Å². The first-order valence-corrected chi connectivity index (χ1v) is 10.2. The number of nitrogens with one attached hydrogen (secondary N) is 1. The Balaban J connectivity index is 1.86. The van der Waals surface area contributed by atoms with Crippen molar-refractivity contribution in [1.29, 1.82) is 0 Å². The summed E-state index contributed by atoms with van der Waals surface area (Å²) in [6.45, 7) is 5.13. The lowest BCUT2D eigenvalue weighted by molar-refractivity contribution is -0.914. The molecule has 1 aliphatic heterocycles. The minimum absolute atomic E-state index is 0.123. The fourth-order valence-electron chi connectivity index (χ4n) is 3.50. The van der Waals surface area contributed by atoms with Crippen LogP contribution in [-0.4, -0.2) is 46.3 Å². The molecule has 0 bridgehead atoms. The largest absolute Gasteiger partial charge is 0.872 e. The van der Waals surface area contributed by atoms with Crippen LogP contribution in [0.25, 0.3) is 6.08 Å². The molecule has 160 valence electrons. The monoisotopic (exact) mass is 411 g/mol. The zero-order chi connectivity index (χ0) is 21.5. The van der Waals surface area contributed by atoms with E-state index in [0.717, 1.165) is 30.0 Å².